The van der Waals surface area contributed by atoms with E-state index in [-0.39, 0.29) is 11.7 Å². The Hall–Kier alpha value is -2.49. The number of hydrogen-bond acceptors (Lipinski definition) is 4. The Balaban J connectivity index is 2.37. The van der Waals surface area contributed by atoms with Crippen LogP contribution in [0.3, 0.4) is 0 Å². The zero-order valence-electron chi connectivity index (χ0n) is 16.7. The van der Waals surface area contributed by atoms with E-state index in [1.165, 1.54) is 6.08 Å². The lowest BCUT2D eigenvalue weighted by Crippen LogP contribution is -2.14. The fourth-order valence-electron chi connectivity index (χ4n) is 2.53. The summed E-state index contributed by atoms with van der Waals surface area (Å²) < 4.78 is 12.2. The number of benzene rings is 2. The van der Waals surface area contributed by atoms with Gasteiger partial charge in [0.2, 0.25) is 0 Å². The first-order valence-electron chi connectivity index (χ1n) is 9.08. The van der Waals surface area contributed by atoms with Crippen LogP contribution < -0.4 is 14.8 Å². The Morgan fingerprint density at radius 2 is 2.10 bits per heavy atom. The maximum Gasteiger partial charge on any atom is 0.266 e. The number of carbonyl (C=O) groups is 1. The third-order valence-electron chi connectivity index (χ3n) is 3.88. The van der Waals surface area contributed by atoms with E-state index >= 15 is 0 Å². The summed E-state index contributed by atoms with van der Waals surface area (Å²) in [6.07, 6.45) is 1.47. The highest BCUT2D eigenvalue weighted by Gasteiger charge is 2.16. The van der Waals surface area contributed by atoms with Crippen LogP contribution in [-0.4, -0.2) is 18.6 Å². The second-order valence-electron chi connectivity index (χ2n) is 6.47. The van der Waals surface area contributed by atoms with Crippen LogP contribution in [-0.2, 0) is 4.79 Å². The number of anilines is 1. The molecule has 0 fully saturated rings. The molecule has 0 saturated carbocycles. The largest absolute Gasteiger partial charge is 0.490 e. The first kappa shape index (κ1) is 22.8. The first-order valence-corrected chi connectivity index (χ1v) is 10.2. The number of nitrogens with one attached hydrogen (secondary N) is 1. The third-order valence-corrected chi connectivity index (χ3v) is 4.88. The minimum absolute atomic E-state index is 0.0340. The summed E-state index contributed by atoms with van der Waals surface area (Å²) in [4.78, 5) is 12.6. The monoisotopic (exact) mass is 476 g/mol. The van der Waals surface area contributed by atoms with E-state index in [2.05, 4.69) is 21.2 Å². The molecule has 2 aromatic rings. The molecule has 0 aliphatic heterocycles. The molecule has 0 heterocycles. The van der Waals surface area contributed by atoms with Gasteiger partial charge in [0.05, 0.1) is 17.2 Å². The van der Waals surface area contributed by atoms with Gasteiger partial charge in [-0.05, 0) is 85.1 Å². The lowest BCUT2D eigenvalue weighted by molar-refractivity contribution is -0.112. The summed E-state index contributed by atoms with van der Waals surface area (Å²) in [7, 11) is 0. The van der Waals surface area contributed by atoms with Crippen molar-refractivity contribution in [2.24, 2.45) is 0 Å². The van der Waals surface area contributed by atoms with Crippen LogP contribution in [0.25, 0.3) is 6.08 Å². The highest BCUT2D eigenvalue weighted by atomic mass is 79.9. The lowest BCUT2D eigenvalue weighted by atomic mass is 10.1. The van der Waals surface area contributed by atoms with Crippen LogP contribution in [0.2, 0.25) is 5.02 Å². The molecule has 0 aliphatic rings. The minimum Gasteiger partial charge on any atom is -0.490 e. The number of nitriles is 1. The van der Waals surface area contributed by atoms with Crippen molar-refractivity contribution in [2.75, 3.05) is 11.9 Å². The summed E-state index contributed by atoms with van der Waals surface area (Å²) in [6.45, 7) is 7.97. The van der Waals surface area contributed by atoms with Crippen LogP contribution in [0.5, 0.6) is 11.5 Å². The Morgan fingerprint density at radius 3 is 2.72 bits per heavy atom. The topological polar surface area (TPSA) is 71.3 Å². The van der Waals surface area contributed by atoms with Gasteiger partial charge in [-0.2, -0.15) is 5.26 Å². The van der Waals surface area contributed by atoms with E-state index in [1.807, 2.05) is 26.8 Å². The quantitative estimate of drug-likeness (QED) is 0.384. The minimum atomic E-state index is -0.519. The molecule has 0 bridgehead atoms. The molecule has 0 saturated heterocycles. The third kappa shape index (κ3) is 5.99. The zero-order valence-corrected chi connectivity index (χ0v) is 19.0. The van der Waals surface area contributed by atoms with Crippen molar-refractivity contribution in [2.45, 2.75) is 33.8 Å². The van der Waals surface area contributed by atoms with Crippen LogP contribution in [0, 0.1) is 18.3 Å². The fraction of sp³-hybridized carbons (Fsp3) is 0.273. The summed E-state index contributed by atoms with van der Waals surface area (Å²) in [5.41, 5.74) is 1.87. The Morgan fingerprint density at radius 1 is 1.38 bits per heavy atom. The number of carbonyl (C=O) groups excluding carboxylic acids is 1. The van der Waals surface area contributed by atoms with Gasteiger partial charge in [-0.25, -0.2) is 0 Å². The van der Waals surface area contributed by atoms with Crippen LogP contribution in [0.4, 0.5) is 5.69 Å². The second-order valence-corrected chi connectivity index (χ2v) is 7.73. The number of amides is 1. The molecule has 0 aliphatic carbocycles. The summed E-state index contributed by atoms with van der Waals surface area (Å²) in [5, 5.41) is 12.8. The SMILES string of the molecule is CCOc1cc(/C=C(\C#N)C(=O)Nc2cccc(Cl)c2C)cc(Br)c1OC(C)C. The maximum atomic E-state index is 12.6. The van der Waals surface area contributed by atoms with Gasteiger partial charge in [-0.15, -0.1) is 0 Å². The molecule has 0 unspecified atom stereocenters. The molecule has 5 nitrogen and oxygen atoms in total. The highest BCUT2D eigenvalue weighted by Crippen LogP contribution is 2.38. The van der Waals surface area contributed by atoms with E-state index in [1.54, 1.807) is 37.3 Å². The smallest absolute Gasteiger partial charge is 0.266 e. The van der Waals surface area contributed by atoms with Crippen molar-refractivity contribution in [3.63, 3.8) is 0 Å². The molecule has 29 heavy (non-hydrogen) atoms. The van der Waals surface area contributed by atoms with Crippen molar-refractivity contribution in [1.82, 2.24) is 0 Å². The number of hydrogen-bond donors (Lipinski definition) is 1. The molecular formula is C22H22BrClN2O3. The molecule has 2 rings (SSSR count). The van der Waals surface area contributed by atoms with Crippen LogP contribution >= 0.6 is 27.5 Å². The van der Waals surface area contributed by atoms with Gasteiger partial charge in [0, 0.05) is 10.7 Å². The fourth-order valence-corrected chi connectivity index (χ4v) is 3.26. The Bertz CT molecular complexity index is 981. The summed E-state index contributed by atoms with van der Waals surface area (Å²) >= 11 is 9.58. The molecule has 1 amide bonds. The van der Waals surface area contributed by atoms with Crippen molar-refractivity contribution < 1.29 is 14.3 Å². The average molecular weight is 478 g/mol. The highest BCUT2D eigenvalue weighted by molar-refractivity contribution is 9.10. The van der Waals surface area contributed by atoms with Gasteiger partial charge < -0.3 is 14.8 Å². The van der Waals surface area contributed by atoms with Crippen LogP contribution in [0.15, 0.2) is 40.4 Å². The molecule has 2 aromatic carbocycles. The van der Waals surface area contributed by atoms with Crippen LogP contribution in [0.1, 0.15) is 31.9 Å². The molecular weight excluding hydrogens is 456 g/mol. The second kappa shape index (κ2) is 10.3. The first-order chi connectivity index (χ1) is 13.8. The molecule has 152 valence electrons. The molecule has 0 aromatic heterocycles. The van der Waals surface area contributed by atoms with Gasteiger partial charge in [0.1, 0.15) is 11.6 Å². The van der Waals surface area contributed by atoms with E-state index in [0.717, 1.165) is 5.56 Å². The molecule has 0 radical (unpaired) electrons. The predicted octanol–water partition coefficient (Wildman–Crippen LogP) is 6.14. The number of rotatable bonds is 7. The average Bonchev–Trinajstić information content (AvgIpc) is 2.66. The zero-order chi connectivity index (χ0) is 21.6. The van der Waals surface area contributed by atoms with Crippen molar-refractivity contribution in [1.29, 1.82) is 5.26 Å². The number of ether oxygens (including phenoxy) is 2. The lowest BCUT2D eigenvalue weighted by Gasteiger charge is -2.17. The maximum absolute atomic E-state index is 12.6. The number of halogens is 2. The molecule has 0 atom stereocenters. The van der Waals surface area contributed by atoms with Crippen molar-refractivity contribution in [3.05, 3.63) is 56.5 Å². The predicted molar refractivity (Wildman–Crippen MR) is 119 cm³/mol. The van der Waals surface area contributed by atoms with Gasteiger partial charge in [0.25, 0.3) is 5.91 Å². The van der Waals surface area contributed by atoms with Gasteiger partial charge in [-0.3, -0.25) is 4.79 Å². The van der Waals surface area contributed by atoms with E-state index in [4.69, 9.17) is 21.1 Å². The normalized spacial score (nSPS) is 11.2. The van der Waals surface area contributed by atoms with E-state index < -0.39 is 5.91 Å². The van der Waals surface area contributed by atoms with Gasteiger partial charge >= 0.3 is 0 Å². The van der Waals surface area contributed by atoms with Crippen molar-refractivity contribution in [3.8, 4) is 17.6 Å². The summed E-state index contributed by atoms with van der Waals surface area (Å²) in [6, 6.07) is 10.7. The molecule has 0 spiro atoms. The Labute approximate surface area is 184 Å². The summed E-state index contributed by atoms with van der Waals surface area (Å²) in [5.74, 6) is 0.594. The standard InChI is InChI=1S/C22H22BrClN2O3/c1-5-28-20-11-15(10-17(23)21(20)29-13(2)3)9-16(12-25)22(27)26-19-8-6-7-18(24)14(19)4/h6-11,13H,5H2,1-4H3,(H,26,27)/b16-9+. The van der Waals surface area contributed by atoms with E-state index in [0.29, 0.717) is 38.9 Å². The molecule has 1 N–H and O–H groups in total. The van der Waals surface area contributed by atoms with Gasteiger partial charge in [-0.1, -0.05) is 17.7 Å². The molecule has 7 heteroatoms. The van der Waals surface area contributed by atoms with E-state index in [9.17, 15) is 10.1 Å². The number of nitrogens with zero attached hydrogens (tertiary/aromatic N) is 1. The van der Waals surface area contributed by atoms with Gasteiger partial charge in [0.15, 0.2) is 11.5 Å². The van der Waals surface area contributed by atoms with Crippen molar-refractivity contribution >= 4 is 45.2 Å². The Kier molecular flexibility index (Phi) is 8.12.